The molecule has 0 unspecified atom stereocenters. The Balaban J connectivity index is 0. The first-order valence-electron chi connectivity index (χ1n) is 3.90. The predicted molar refractivity (Wildman–Crippen MR) is 46.4 cm³/mol. The van der Waals surface area contributed by atoms with E-state index < -0.39 is 0 Å². The van der Waals surface area contributed by atoms with Gasteiger partial charge in [0.05, 0.1) is 0 Å². The Morgan fingerprint density at radius 2 is 1.40 bits per heavy atom. The fraction of sp³-hybridized carbons (Fsp3) is 1.00. The lowest BCUT2D eigenvalue weighted by Crippen LogP contribution is -1.89. The molecule has 64 valence electrons. The van der Waals surface area contributed by atoms with Crippen LogP contribution in [0.3, 0.4) is 0 Å². The van der Waals surface area contributed by atoms with Crippen molar-refractivity contribution >= 4 is 0 Å². The maximum Gasteiger partial charge on any atom is 0.0433 e. The van der Waals surface area contributed by atoms with Crippen LogP contribution in [0.2, 0.25) is 0 Å². The minimum absolute atomic E-state index is 0.819. The van der Waals surface area contributed by atoms with Crippen LogP contribution in [0.15, 0.2) is 0 Å². The van der Waals surface area contributed by atoms with Gasteiger partial charge in [0.2, 0.25) is 0 Å². The first-order valence-corrected chi connectivity index (χ1v) is 3.90. The molecular weight excluding hydrogens is 126 g/mol. The summed E-state index contributed by atoms with van der Waals surface area (Å²) >= 11 is 0. The van der Waals surface area contributed by atoms with Crippen molar-refractivity contribution < 1.29 is 4.74 Å². The standard InChI is InChI=1S/C3H8O.C3H6.C2H7N/c1-3-4-2;1-2-3-1;1-3-2/h3H2,1-2H3;1-3H2;3H,1-2H3. The van der Waals surface area contributed by atoms with E-state index in [4.69, 9.17) is 0 Å². The zero-order valence-electron chi connectivity index (χ0n) is 7.74. The first-order chi connectivity index (χ1) is 4.83. The van der Waals surface area contributed by atoms with Gasteiger partial charge in [-0.05, 0) is 21.0 Å². The quantitative estimate of drug-likeness (QED) is 0.609. The molecule has 0 saturated heterocycles. The van der Waals surface area contributed by atoms with E-state index in [1.54, 1.807) is 7.11 Å². The Kier molecular flexibility index (Phi) is 20.1. The number of hydrogen-bond acceptors (Lipinski definition) is 2. The molecule has 10 heavy (non-hydrogen) atoms. The van der Waals surface area contributed by atoms with Crippen molar-refractivity contribution in [3.63, 3.8) is 0 Å². The molecule has 2 nitrogen and oxygen atoms in total. The molecule has 0 aromatic carbocycles. The van der Waals surface area contributed by atoms with E-state index in [9.17, 15) is 0 Å². The molecule has 0 aliphatic heterocycles. The second kappa shape index (κ2) is 16.0. The van der Waals surface area contributed by atoms with Crippen LogP contribution in [0, 0.1) is 0 Å². The summed E-state index contributed by atoms with van der Waals surface area (Å²) in [5.74, 6) is 0. The number of hydrogen-bond donors (Lipinski definition) is 1. The molecule has 0 spiro atoms. The van der Waals surface area contributed by atoms with Gasteiger partial charge in [0.15, 0.2) is 0 Å². The summed E-state index contributed by atoms with van der Waals surface area (Å²) < 4.78 is 4.54. The van der Waals surface area contributed by atoms with E-state index in [1.165, 1.54) is 19.3 Å². The van der Waals surface area contributed by atoms with Crippen molar-refractivity contribution in [1.82, 2.24) is 5.32 Å². The second-order valence-corrected chi connectivity index (χ2v) is 2.14. The van der Waals surface area contributed by atoms with Gasteiger partial charge in [-0.25, -0.2) is 0 Å². The highest BCUT2D eigenvalue weighted by Crippen LogP contribution is 2.14. The lowest BCUT2D eigenvalue weighted by Gasteiger charge is -1.76. The van der Waals surface area contributed by atoms with Crippen LogP contribution in [-0.4, -0.2) is 27.8 Å². The topological polar surface area (TPSA) is 21.3 Å². The van der Waals surface area contributed by atoms with Gasteiger partial charge in [0, 0.05) is 13.7 Å². The van der Waals surface area contributed by atoms with Gasteiger partial charge in [-0.1, -0.05) is 19.3 Å². The summed E-state index contributed by atoms with van der Waals surface area (Å²) in [6, 6.07) is 0. The zero-order valence-corrected chi connectivity index (χ0v) is 7.74. The van der Waals surface area contributed by atoms with Crippen LogP contribution in [0.4, 0.5) is 0 Å². The van der Waals surface area contributed by atoms with Crippen LogP contribution in [0.1, 0.15) is 26.2 Å². The molecule has 0 radical (unpaired) electrons. The van der Waals surface area contributed by atoms with E-state index >= 15 is 0 Å². The van der Waals surface area contributed by atoms with Crippen LogP contribution >= 0.6 is 0 Å². The van der Waals surface area contributed by atoms with Crippen molar-refractivity contribution in [2.24, 2.45) is 0 Å². The van der Waals surface area contributed by atoms with E-state index in [-0.39, 0.29) is 0 Å². The lowest BCUT2D eigenvalue weighted by atomic mass is 10.9. The summed E-state index contributed by atoms with van der Waals surface area (Å²) in [4.78, 5) is 0. The molecule has 1 rings (SSSR count). The molecule has 1 aliphatic rings. The molecule has 1 N–H and O–H groups in total. The van der Waals surface area contributed by atoms with Gasteiger partial charge in [-0.2, -0.15) is 0 Å². The van der Waals surface area contributed by atoms with E-state index in [2.05, 4.69) is 10.1 Å². The van der Waals surface area contributed by atoms with Gasteiger partial charge in [0.25, 0.3) is 0 Å². The normalized spacial score (nSPS) is 12.0. The highest BCUT2D eigenvalue weighted by molar-refractivity contribution is 4.50. The number of methoxy groups -OCH3 is 1. The predicted octanol–water partition coefficient (Wildman–Crippen LogP) is 1.66. The van der Waals surface area contributed by atoms with Gasteiger partial charge in [-0.3, -0.25) is 0 Å². The third-order valence-electron chi connectivity index (χ3n) is 0.642. The smallest absolute Gasteiger partial charge is 0.0433 e. The lowest BCUT2D eigenvalue weighted by molar-refractivity contribution is 0.215. The molecule has 0 aromatic rings. The van der Waals surface area contributed by atoms with Gasteiger partial charge < -0.3 is 10.1 Å². The Bertz CT molecular complexity index is 33.5. The molecule has 2 heteroatoms. The summed E-state index contributed by atoms with van der Waals surface area (Å²) in [6.45, 7) is 2.78. The molecule has 1 saturated carbocycles. The molecule has 1 fully saturated rings. The fourth-order valence-corrected chi connectivity index (χ4v) is 0. The minimum Gasteiger partial charge on any atom is -0.385 e. The minimum atomic E-state index is 0.819. The summed E-state index contributed by atoms with van der Waals surface area (Å²) in [5, 5.41) is 2.75. The highest BCUT2D eigenvalue weighted by Gasteiger charge is 1.95. The van der Waals surface area contributed by atoms with Crippen LogP contribution in [0.25, 0.3) is 0 Å². The number of ether oxygens (including phenoxy) is 1. The Morgan fingerprint density at radius 3 is 1.40 bits per heavy atom. The SMILES string of the molecule is C1CC1.CCOC.CNC. The summed E-state index contributed by atoms with van der Waals surface area (Å²) in [5.41, 5.74) is 0. The molecule has 0 aromatic heterocycles. The van der Waals surface area contributed by atoms with Gasteiger partial charge in [0.1, 0.15) is 0 Å². The number of nitrogens with one attached hydrogen (secondary N) is 1. The van der Waals surface area contributed by atoms with Crippen LogP contribution < -0.4 is 5.32 Å². The first kappa shape index (κ1) is 12.6. The Hall–Kier alpha value is -0.0800. The summed E-state index contributed by atoms with van der Waals surface area (Å²) in [7, 11) is 5.43. The van der Waals surface area contributed by atoms with Gasteiger partial charge >= 0.3 is 0 Å². The van der Waals surface area contributed by atoms with Crippen molar-refractivity contribution in [3.05, 3.63) is 0 Å². The van der Waals surface area contributed by atoms with E-state index in [1.807, 2.05) is 21.0 Å². The largest absolute Gasteiger partial charge is 0.385 e. The molecule has 0 bridgehead atoms. The van der Waals surface area contributed by atoms with Crippen molar-refractivity contribution in [2.75, 3.05) is 27.8 Å². The fourth-order valence-electron chi connectivity index (χ4n) is 0. The zero-order chi connectivity index (χ0) is 8.24. The van der Waals surface area contributed by atoms with Crippen LogP contribution in [-0.2, 0) is 4.74 Å². The van der Waals surface area contributed by atoms with Crippen molar-refractivity contribution in [1.29, 1.82) is 0 Å². The molecule has 0 amide bonds. The average Bonchev–Trinajstić information content (AvgIpc) is 2.73. The third-order valence-corrected chi connectivity index (χ3v) is 0.642. The Morgan fingerprint density at radius 1 is 1.20 bits per heavy atom. The van der Waals surface area contributed by atoms with Crippen molar-refractivity contribution in [3.8, 4) is 0 Å². The van der Waals surface area contributed by atoms with Gasteiger partial charge in [-0.15, -0.1) is 0 Å². The number of rotatable bonds is 1. The second-order valence-electron chi connectivity index (χ2n) is 2.14. The average molecular weight is 147 g/mol. The maximum atomic E-state index is 4.54. The summed E-state index contributed by atoms with van der Waals surface area (Å²) in [6.07, 6.45) is 4.50. The van der Waals surface area contributed by atoms with Crippen molar-refractivity contribution in [2.45, 2.75) is 26.2 Å². The molecular formula is C8H21NO. The molecule has 0 heterocycles. The monoisotopic (exact) mass is 147 g/mol. The molecule has 0 atom stereocenters. The van der Waals surface area contributed by atoms with E-state index in [0.29, 0.717) is 0 Å². The molecule has 1 aliphatic carbocycles. The van der Waals surface area contributed by atoms with Crippen LogP contribution in [0.5, 0.6) is 0 Å². The Labute approximate surface area is 65.0 Å². The van der Waals surface area contributed by atoms with E-state index in [0.717, 1.165) is 6.61 Å². The maximum absolute atomic E-state index is 4.54. The highest BCUT2D eigenvalue weighted by atomic mass is 16.5. The third kappa shape index (κ3) is 103.